The highest BCUT2D eigenvalue weighted by Crippen LogP contribution is 2.44. The van der Waals surface area contributed by atoms with Gasteiger partial charge in [0.1, 0.15) is 5.82 Å². The van der Waals surface area contributed by atoms with Gasteiger partial charge in [-0.3, -0.25) is 4.98 Å². The highest BCUT2D eigenvalue weighted by molar-refractivity contribution is 7.80. The van der Waals surface area contributed by atoms with Crippen LogP contribution in [0, 0.1) is 20.8 Å². The molecule has 1 aliphatic heterocycles. The summed E-state index contributed by atoms with van der Waals surface area (Å²) < 4.78 is 2.26. The SMILES string of the molecule is Cc1ccc(-n2c(C)cc([C@@H]3[C@@H](c4ccccn4)NC(=S)N3C3CCCC3)c2C)nc1. The van der Waals surface area contributed by atoms with Gasteiger partial charge in [0.15, 0.2) is 5.11 Å². The molecule has 0 amide bonds. The largest absolute Gasteiger partial charge is 0.352 e. The summed E-state index contributed by atoms with van der Waals surface area (Å²) in [5, 5.41) is 4.47. The fraction of sp³-hybridized carbons (Fsp3) is 0.400. The summed E-state index contributed by atoms with van der Waals surface area (Å²) in [5.74, 6) is 0.960. The number of hydrogen-bond donors (Lipinski definition) is 1. The van der Waals surface area contributed by atoms with Gasteiger partial charge in [0.05, 0.1) is 17.8 Å². The number of hydrogen-bond acceptors (Lipinski definition) is 3. The van der Waals surface area contributed by atoms with Gasteiger partial charge >= 0.3 is 0 Å². The van der Waals surface area contributed by atoms with E-state index in [9.17, 15) is 0 Å². The second-order valence-electron chi connectivity index (χ2n) is 8.83. The van der Waals surface area contributed by atoms with Crippen LogP contribution in [0.5, 0.6) is 0 Å². The van der Waals surface area contributed by atoms with E-state index in [-0.39, 0.29) is 12.1 Å². The maximum Gasteiger partial charge on any atom is 0.170 e. The topological polar surface area (TPSA) is 46.0 Å². The summed E-state index contributed by atoms with van der Waals surface area (Å²) in [4.78, 5) is 11.9. The first-order valence-corrected chi connectivity index (χ1v) is 11.6. The predicted molar refractivity (Wildman–Crippen MR) is 127 cm³/mol. The van der Waals surface area contributed by atoms with Gasteiger partial charge in [-0.15, -0.1) is 0 Å². The fourth-order valence-electron chi connectivity index (χ4n) is 5.31. The van der Waals surface area contributed by atoms with E-state index in [1.807, 2.05) is 18.5 Å². The van der Waals surface area contributed by atoms with Crippen LogP contribution in [0.3, 0.4) is 0 Å². The van der Waals surface area contributed by atoms with Crippen LogP contribution in [0.1, 0.15) is 66.0 Å². The molecule has 2 fully saturated rings. The number of aromatic nitrogens is 3. The molecule has 0 spiro atoms. The van der Waals surface area contributed by atoms with Crippen molar-refractivity contribution in [3.05, 3.63) is 77.0 Å². The van der Waals surface area contributed by atoms with Crippen LogP contribution >= 0.6 is 12.2 Å². The van der Waals surface area contributed by atoms with Crippen molar-refractivity contribution < 1.29 is 0 Å². The van der Waals surface area contributed by atoms with E-state index in [1.165, 1.54) is 48.2 Å². The smallest absolute Gasteiger partial charge is 0.170 e. The van der Waals surface area contributed by atoms with Crippen molar-refractivity contribution in [2.24, 2.45) is 0 Å². The van der Waals surface area contributed by atoms with Crippen LogP contribution in [0.2, 0.25) is 0 Å². The molecule has 1 N–H and O–H groups in total. The third kappa shape index (κ3) is 3.53. The third-order valence-corrected chi connectivity index (χ3v) is 7.10. The summed E-state index contributed by atoms with van der Waals surface area (Å²) in [6.45, 7) is 6.43. The van der Waals surface area contributed by atoms with E-state index in [2.05, 4.69) is 65.9 Å². The highest BCUT2D eigenvalue weighted by atomic mass is 32.1. The van der Waals surface area contributed by atoms with Gasteiger partial charge in [0.2, 0.25) is 0 Å². The molecule has 1 aliphatic carbocycles. The van der Waals surface area contributed by atoms with Crippen molar-refractivity contribution in [2.45, 2.75) is 64.6 Å². The summed E-state index contributed by atoms with van der Waals surface area (Å²) in [7, 11) is 0. The maximum absolute atomic E-state index is 5.89. The van der Waals surface area contributed by atoms with Gasteiger partial charge in [0, 0.05) is 29.8 Å². The molecule has 0 unspecified atom stereocenters. The lowest BCUT2D eigenvalue weighted by Gasteiger charge is -2.33. The molecule has 2 atom stereocenters. The van der Waals surface area contributed by atoms with Crippen molar-refractivity contribution in [3.8, 4) is 5.82 Å². The van der Waals surface area contributed by atoms with E-state index < -0.39 is 0 Å². The minimum atomic E-state index is 0.0363. The summed E-state index contributed by atoms with van der Waals surface area (Å²) >= 11 is 5.89. The lowest BCUT2D eigenvalue weighted by Crippen LogP contribution is -2.37. The Labute approximate surface area is 189 Å². The molecule has 3 aromatic rings. The summed E-state index contributed by atoms with van der Waals surface area (Å²) in [6.07, 6.45) is 8.75. The molecule has 0 aromatic carbocycles. The number of rotatable bonds is 4. The Bertz CT molecular complexity index is 1080. The van der Waals surface area contributed by atoms with E-state index in [0.29, 0.717) is 6.04 Å². The van der Waals surface area contributed by atoms with Crippen molar-refractivity contribution in [1.82, 2.24) is 24.8 Å². The van der Waals surface area contributed by atoms with Gasteiger partial charge in [0.25, 0.3) is 0 Å². The van der Waals surface area contributed by atoms with Crippen molar-refractivity contribution >= 4 is 17.3 Å². The first-order valence-electron chi connectivity index (χ1n) is 11.2. The van der Waals surface area contributed by atoms with Crippen molar-refractivity contribution in [3.63, 3.8) is 0 Å². The maximum atomic E-state index is 5.89. The minimum Gasteiger partial charge on any atom is -0.352 e. The van der Waals surface area contributed by atoms with Crippen molar-refractivity contribution in [1.29, 1.82) is 0 Å². The third-order valence-electron chi connectivity index (χ3n) is 6.77. The van der Waals surface area contributed by atoms with Gasteiger partial charge in [-0.05, 0) is 81.2 Å². The lowest BCUT2D eigenvalue weighted by atomic mass is 9.95. The summed E-state index contributed by atoms with van der Waals surface area (Å²) in [5.41, 5.74) is 5.91. The average Bonchev–Trinajstić information content (AvgIpc) is 3.48. The molecule has 1 saturated heterocycles. The van der Waals surface area contributed by atoms with Gasteiger partial charge in [-0.2, -0.15) is 0 Å². The van der Waals surface area contributed by atoms with Crippen LogP contribution in [-0.2, 0) is 0 Å². The average molecular weight is 432 g/mol. The molecule has 6 heteroatoms. The molecule has 1 saturated carbocycles. The molecule has 0 bridgehead atoms. The van der Waals surface area contributed by atoms with E-state index >= 15 is 0 Å². The molecular weight excluding hydrogens is 402 g/mol. The zero-order valence-electron chi connectivity index (χ0n) is 18.4. The highest BCUT2D eigenvalue weighted by Gasteiger charge is 2.44. The molecule has 160 valence electrons. The molecular formula is C25H29N5S. The lowest BCUT2D eigenvalue weighted by molar-refractivity contribution is 0.245. The first-order chi connectivity index (χ1) is 15.0. The van der Waals surface area contributed by atoms with E-state index in [0.717, 1.165) is 16.6 Å². The zero-order chi connectivity index (χ0) is 21.5. The van der Waals surface area contributed by atoms with Crippen LogP contribution in [0.25, 0.3) is 5.82 Å². The minimum absolute atomic E-state index is 0.0363. The second-order valence-corrected chi connectivity index (χ2v) is 9.21. The molecule has 3 aromatic heterocycles. The quantitative estimate of drug-likeness (QED) is 0.582. The van der Waals surface area contributed by atoms with Crippen LogP contribution in [-0.4, -0.2) is 30.6 Å². The standard InChI is InChI=1S/C25H29N5S/c1-16-11-12-22(27-15-16)29-17(2)14-20(18(29)3)24-23(21-10-6-7-13-26-21)28-25(31)30(24)19-8-4-5-9-19/h6-7,10-15,19,23-24H,4-5,8-9H2,1-3H3,(H,28,31)/t23-,24-/m1/s1. The van der Waals surface area contributed by atoms with E-state index in [4.69, 9.17) is 22.2 Å². The van der Waals surface area contributed by atoms with Crippen LogP contribution < -0.4 is 5.32 Å². The number of pyridine rings is 2. The van der Waals surface area contributed by atoms with Gasteiger partial charge < -0.3 is 14.8 Å². The van der Waals surface area contributed by atoms with Crippen molar-refractivity contribution in [2.75, 3.05) is 0 Å². The molecule has 2 aliphatic rings. The van der Waals surface area contributed by atoms with Gasteiger partial charge in [-0.25, -0.2) is 4.98 Å². The predicted octanol–water partition coefficient (Wildman–Crippen LogP) is 5.11. The van der Waals surface area contributed by atoms with E-state index in [1.54, 1.807) is 0 Å². The Morgan fingerprint density at radius 2 is 1.84 bits per heavy atom. The Morgan fingerprint density at radius 1 is 1.03 bits per heavy atom. The molecule has 4 heterocycles. The first kappa shape index (κ1) is 20.2. The molecule has 31 heavy (non-hydrogen) atoms. The number of nitrogens with one attached hydrogen (secondary N) is 1. The summed E-state index contributed by atoms with van der Waals surface area (Å²) in [6, 6.07) is 13.3. The molecule has 5 rings (SSSR count). The second kappa shape index (κ2) is 8.08. The normalized spacial score (nSPS) is 21.6. The fourth-order valence-corrected chi connectivity index (χ4v) is 5.70. The monoisotopic (exact) mass is 431 g/mol. The number of thiocarbonyl (C=S) groups is 1. The Hall–Kier alpha value is -2.73. The zero-order valence-corrected chi connectivity index (χ0v) is 19.2. The molecule has 5 nitrogen and oxygen atoms in total. The Balaban J connectivity index is 1.63. The Kier molecular flexibility index (Phi) is 5.26. The number of nitrogens with zero attached hydrogens (tertiary/aromatic N) is 4. The van der Waals surface area contributed by atoms with Crippen LogP contribution in [0.15, 0.2) is 48.8 Å². The number of aryl methyl sites for hydroxylation is 2. The Morgan fingerprint density at radius 3 is 2.52 bits per heavy atom. The molecule has 0 radical (unpaired) electrons. The van der Waals surface area contributed by atoms with Gasteiger partial charge in [-0.1, -0.05) is 25.0 Å². The van der Waals surface area contributed by atoms with Crippen LogP contribution in [0.4, 0.5) is 0 Å².